The number of likely N-dealkylation sites (tertiary alicyclic amines) is 1. The van der Waals surface area contributed by atoms with E-state index in [-0.39, 0.29) is 29.6 Å². The van der Waals surface area contributed by atoms with Crippen molar-refractivity contribution in [2.45, 2.75) is 52.5 Å². The summed E-state index contributed by atoms with van der Waals surface area (Å²) in [5.41, 5.74) is 0.812. The molecule has 0 aromatic heterocycles. The summed E-state index contributed by atoms with van der Waals surface area (Å²) in [5.74, 6) is 0.282. The van der Waals surface area contributed by atoms with Crippen LogP contribution in [0.1, 0.15) is 45.1 Å². The van der Waals surface area contributed by atoms with Crippen LogP contribution in [0.25, 0.3) is 0 Å². The lowest BCUT2D eigenvalue weighted by Gasteiger charge is -2.34. The molecule has 1 fully saturated rings. The minimum Gasteiger partial charge on any atom is -0.342 e. The molecule has 148 valence electrons. The SMILES string of the molecule is CCC(CC)C(=O)N1CCC(NC(=O)Nc2cccc([N+](=O)[O-])c2C)CC1. The molecule has 1 heterocycles. The maximum atomic E-state index is 12.4. The Hall–Kier alpha value is -2.64. The number of anilines is 1. The third-order valence-corrected chi connectivity index (χ3v) is 5.23. The third-order valence-electron chi connectivity index (χ3n) is 5.23. The smallest absolute Gasteiger partial charge is 0.319 e. The highest BCUT2D eigenvalue weighted by Gasteiger charge is 2.27. The van der Waals surface area contributed by atoms with E-state index in [0.29, 0.717) is 37.2 Å². The number of piperidine rings is 1. The summed E-state index contributed by atoms with van der Waals surface area (Å²) >= 11 is 0. The molecular formula is C19H28N4O4. The number of urea groups is 1. The van der Waals surface area contributed by atoms with Crippen molar-refractivity contribution >= 4 is 23.3 Å². The lowest BCUT2D eigenvalue weighted by molar-refractivity contribution is -0.385. The largest absolute Gasteiger partial charge is 0.342 e. The first-order chi connectivity index (χ1) is 12.9. The van der Waals surface area contributed by atoms with Crippen molar-refractivity contribution in [2.75, 3.05) is 18.4 Å². The molecule has 2 N–H and O–H groups in total. The van der Waals surface area contributed by atoms with E-state index >= 15 is 0 Å². The fourth-order valence-electron chi connectivity index (χ4n) is 3.44. The van der Waals surface area contributed by atoms with E-state index in [4.69, 9.17) is 0 Å². The van der Waals surface area contributed by atoms with Gasteiger partial charge in [-0.05, 0) is 38.7 Å². The average molecular weight is 376 g/mol. The first-order valence-electron chi connectivity index (χ1n) is 9.47. The van der Waals surface area contributed by atoms with Gasteiger partial charge in [0.25, 0.3) is 5.69 Å². The Balaban J connectivity index is 1.87. The monoisotopic (exact) mass is 376 g/mol. The molecule has 27 heavy (non-hydrogen) atoms. The van der Waals surface area contributed by atoms with E-state index in [1.165, 1.54) is 6.07 Å². The normalized spacial score (nSPS) is 14.9. The van der Waals surface area contributed by atoms with Crippen LogP contribution in [0, 0.1) is 23.0 Å². The Kier molecular flexibility index (Phi) is 7.15. The number of nitrogens with one attached hydrogen (secondary N) is 2. The summed E-state index contributed by atoms with van der Waals surface area (Å²) in [7, 11) is 0. The average Bonchev–Trinajstić information content (AvgIpc) is 2.64. The van der Waals surface area contributed by atoms with Gasteiger partial charge in [-0.1, -0.05) is 19.9 Å². The summed E-state index contributed by atoms with van der Waals surface area (Å²) in [6.45, 7) is 6.93. The van der Waals surface area contributed by atoms with E-state index in [1.54, 1.807) is 19.1 Å². The molecule has 1 saturated heterocycles. The highest BCUT2D eigenvalue weighted by atomic mass is 16.6. The second kappa shape index (κ2) is 9.34. The number of nitrogens with zero attached hydrogens (tertiary/aromatic N) is 2. The number of amides is 3. The molecule has 0 unspecified atom stereocenters. The van der Waals surface area contributed by atoms with Gasteiger partial charge >= 0.3 is 6.03 Å². The van der Waals surface area contributed by atoms with Crippen molar-refractivity contribution in [3.63, 3.8) is 0 Å². The minimum absolute atomic E-state index is 0.0187. The van der Waals surface area contributed by atoms with Crippen LogP contribution in [0.5, 0.6) is 0 Å². The zero-order valence-electron chi connectivity index (χ0n) is 16.2. The Morgan fingerprint density at radius 3 is 2.44 bits per heavy atom. The molecule has 3 amide bonds. The van der Waals surface area contributed by atoms with Crippen molar-refractivity contribution in [2.24, 2.45) is 5.92 Å². The number of nitro groups is 1. The fourth-order valence-corrected chi connectivity index (χ4v) is 3.44. The topological polar surface area (TPSA) is 105 Å². The van der Waals surface area contributed by atoms with Crippen molar-refractivity contribution in [3.05, 3.63) is 33.9 Å². The van der Waals surface area contributed by atoms with Crippen LogP contribution in [-0.4, -0.2) is 40.9 Å². The Labute approximate surface area is 159 Å². The Morgan fingerprint density at radius 1 is 1.26 bits per heavy atom. The van der Waals surface area contributed by atoms with E-state index < -0.39 is 4.92 Å². The summed E-state index contributed by atoms with van der Waals surface area (Å²) in [6, 6.07) is 4.19. The standard InChI is InChI=1S/C19H28N4O4/c1-4-14(5-2)18(24)22-11-9-15(10-12-22)20-19(25)21-16-7-6-8-17(13(16)3)23(26)27/h6-8,14-15H,4-5,9-12H2,1-3H3,(H2,20,21,25). The zero-order valence-corrected chi connectivity index (χ0v) is 16.2. The van der Waals surface area contributed by atoms with Crippen LogP contribution in [0.15, 0.2) is 18.2 Å². The number of carbonyl (C=O) groups excluding carboxylic acids is 2. The quantitative estimate of drug-likeness (QED) is 0.586. The summed E-state index contributed by atoms with van der Waals surface area (Å²) < 4.78 is 0. The van der Waals surface area contributed by atoms with Crippen molar-refractivity contribution < 1.29 is 14.5 Å². The van der Waals surface area contributed by atoms with Crippen LogP contribution in [0.4, 0.5) is 16.2 Å². The summed E-state index contributed by atoms with van der Waals surface area (Å²) in [5, 5.41) is 16.6. The molecule has 8 nitrogen and oxygen atoms in total. The molecular weight excluding hydrogens is 348 g/mol. The van der Waals surface area contributed by atoms with Crippen LogP contribution in [-0.2, 0) is 4.79 Å². The molecule has 1 aliphatic heterocycles. The van der Waals surface area contributed by atoms with Gasteiger partial charge in [0.2, 0.25) is 5.91 Å². The molecule has 0 radical (unpaired) electrons. The van der Waals surface area contributed by atoms with E-state index in [9.17, 15) is 19.7 Å². The number of hydrogen-bond acceptors (Lipinski definition) is 4. The third kappa shape index (κ3) is 5.18. The number of hydrogen-bond donors (Lipinski definition) is 2. The van der Waals surface area contributed by atoms with E-state index in [1.807, 2.05) is 18.7 Å². The molecule has 0 bridgehead atoms. The first kappa shape index (κ1) is 20.7. The Bertz CT molecular complexity index is 695. The molecule has 0 saturated carbocycles. The number of carbonyl (C=O) groups is 2. The molecule has 1 aliphatic rings. The molecule has 0 atom stereocenters. The number of nitro benzene ring substituents is 1. The van der Waals surface area contributed by atoms with Gasteiger partial charge in [0, 0.05) is 31.1 Å². The molecule has 1 aromatic rings. The second-order valence-corrected chi connectivity index (χ2v) is 6.92. The maximum absolute atomic E-state index is 12.4. The van der Waals surface area contributed by atoms with Gasteiger partial charge < -0.3 is 15.5 Å². The fraction of sp³-hybridized carbons (Fsp3) is 0.579. The van der Waals surface area contributed by atoms with Gasteiger partial charge in [-0.2, -0.15) is 0 Å². The lowest BCUT2D eigenvalue weighted by atomic mass is 9.98. The molecule has 0 spiro atoms. The lowest BCUT2D eigenvalue weighted by Crippen LogP contribution is -2.48. The summed E-state index contributed by atoms with van der Waals surface area (Å²) in [6.07, 6.45) is 3.09. The van der Waals surface area contributed by atoms with Crippen molar-refractivity contribution in [3.8, 4) is 0 Å². The second-order valence-electron chi connectivity index (χ2n) is 6.92. The number of benzene rings is 1. The highest BCUT2D eigenvalue weighted by molar-refractivity contribution is 5.91. The van der Waals surface area contributed by atoms with Gasteiger partial charge in [-0.25, -0.2) is 4.79 Å². The van der Waals surface area contributed by atoms with Crippen molar-refractivity contribution in [1.82, 2.24) is 10.2 Å². The van der Waals surface area contributed by atoms with Crippen LogP contribution < -0.4 is 10.6 Å². The predicted octanol–water partition coefficient (Wildman–Crippen LogP) is 3.45. The first-order valence-corrected chi connectivity index (χ1v) is 9.47. The number of rotatable bonds is 6. The highest BCUT2D eigenvalue weighted by Crippen LogP contribution is 2.25. The van der Waals surface area contributed by atoms with Gasteiger partial charge in [0.05, 0.1) is 16.2 Å². The van der Waals surface area contributed by atoms with Gasteiger partial charge in [0.15, 0.2) is 0 Å². The molecule has 8 heteroatoms. The van der Waals surface area contributed by atoms with Gasteiger partial charge in [-0.3, -0.25) is 14.9 Å². The van der Waals surface area contributed by atoms with Gasteiger partial charge in [-0.15, -0.1) is 0 Å². The van der Waals surface area contributed by atoms with Crippen molar-refractivity contribution in [1.29, 1.82) is 0 Å². The molecule has 1 aromatic carbocycles. The van der Waals surface area contributed by atoms with Crippen LogP contribution in [0.2, 0.25) is 0 Å². The molecule has 0 aliphatic carbocycles. The van der Waals surface area contributed by atoms with E-state index in [2.05, 4.69) is 10.6 Å². The van der Waals surface area contributed by atoms with Gasteiger partial charge in [0.1, 0.15) is 0 Å². The zero-order chi connectivity index (χ0) is 20.0. The molecule has 2 rings (SSSR count). The predicted molar refractivity (Wildman–Crippen MR) is 104 cm³/mol. The van der Waals surface area contributed by atoms with E-state index in [0.717, 1.165) is 12.8 Å². The summed E-state index contributed by atoms with van der Waals surface area (Å²) in [4.78, 5) is 37.1. The van der Waals surface area contributed by atoms with Crippen LogP contribution >= 0.6 is 0 Å². The minimum atomic E-state index is -0.467. The Morgan fingerprint density at radius 2 is 1.89 bits per heavy atom. The maximum Gasteiger partial charge on any atom is 0.319 e. The van der Waals surface area contributed by atoms with Crippen LogP contribution in [0.3, 0.4) is 0 Å².